The van der Waals surface area contributed by atoms with Crippen LogP contribution in [0.1, 0.15) is 25.8 Å². The first-order chi connectivity index (χ1) is 12.2. The number of amides is 1. The number of halogens is 3. The number of pyridine rings is 1. The molecule has 3 N–H and O–H groups in total. The standard InChI is InChI=1S/C16H20F3N5O2/c1-3-13(25)23-12-8-20-9-15(2,24-12)22-7-11-4-5-14(21-6-11)26-10-16(17,18)19/h4-6,8-9,22,24H,3,7,10H2,1-2H3,(H,23,25). The highest BCUT2D eigenvalue weighted by atomic mass is 19.4. The van der Waals surface area contributed by atoms with Crippen LogP contribution in [0.15, 0.2) is 35.3 Å². The quantitative estimate of drug-likeness (QED) is 0.681. The predicted molar refractivity (Wildman–Crippen MR) is 89.2 cm³/mol. The second kappa shape index (κ2) is 8.17. The summed E-state index contributed by atoms with van der Waals surface area (Å²) in [5.74, 6) is 0.243. The van der Waals surface area contributed by atoms with E-state index < -0.39 is 18.4 Å². The zero-order valence-corrected chi connectivity index (χ0v) is 14.4. The molecule has 0 saturated heterocycles. The van der Waals surface area contributed by atoms with Gasteiger partial charge in [0.15, 0.2) is 6.61 Å². The largest absolute Gasteiger partial charge is 0.468 e. The number of hydrogen-bond donors (Lipinski definition) is 3. The molecular formula is C16H20F3N5O2. The van der Waals surface area contributed by atoms with Crippen molar-refractivity contribution in [3.8, 4) is 5.88 Å². The van der Waals surface area contributed by atoms with Crippen LogP contribution >= 0.6 is 0 Å². The van der Waals surface area contributed by atoms with E-state index in [0.29, 0.717) is 18.8 Å². The molecule has 1 aromatic heterocycles. The van der Waals surface area contributed by atoms with E-state index in [-0.39, 0.29) is 11.8 Å². The van der Waals surface area contributed by atoms with Gasteiger partial charge >= 0.3 is 6.18 Å². The van der Waals surface area contributed by atoms with Gasteiger partial charge in [-0.1, -0.05) is 13.0 Å². The van der Waals surface area contributed by atoms with Crippen LogP contribution in [0.25, 0.3) is 0 Å². The highest BCUT2D eigenvalue weighted by molar-refractivity contribution is 5.78. The number of carbonyl (C=O) groups is 1. The Bertz CT molecular complexity index is 688. The predicted octanol–water partition coefficient (Wildman–Crippen LogP) is 1.83. The van der Waals surface area contributed by atoms with Gasteiger partial charge in [-0.3, -0.25) is 15.1 Å². The van der Waals surface area contributed by atoms with Gasteiger partial charge in [-0.15, -0.1) is 0 Å². The molecule has 1 unspecified atom stereocenters. The molecule has 0 aliphatic carbocycles. The maximum Gasteiger partial charge on any atom is 0.422 e. The van der Waals surface area contributed by atoms with Gasteiger partial charge in [0.25, 0.3) is 0 Å². The molecule has 0 aromatic carbocycles. The Labute approximate surface area is 148 Å². The van der Waals surface area contributed by atoms with Crippen molar-refractivity contribution in [2.24, 2.45) is 4.99 Å². The molecule has 2 rings (SSSR count). The number of rotatable bonds is 7. The topological polar surface area (TPSA) is 87.6 Å². The van der Waals surface area contributed by atoms with Crippen LogP contribution in [-0.2, 0) is 11.3 Å². The minimum Gasteiger partial charge on any atom is -0.468 e. The number of alkyl halides is 3. The zero-order chi connectivity index (χ0) is 19.2. The molecule has 2 heterocycles. The van der Waals surface area contributed by atoms with E-state index in [1.807, 2.05) is 6.92 Å². The summed E-state index contributed by atoms with van der Waals surface area (Å²) in [6.45, 7) is 2.57. The Balaban J connectivity index is 1.87. The molecule has 1 aromatic rings. The van der Waals surface area contributed by atoms with Gasteiger partial charge in [0, 0.05) is 31.4 Å². The van der Waals surface area contributed by atoms with Crippen LogP contribution in [0.3, 0.4) is 0 Å². The van der Waals surface area contributed by atoms with Gasteiger partial charge in [0.2, 0.25) is 11.8 Å². The van der Waals surface area contributed by atoms with Gasteiger partial charge in [0.05, 0.1) is 6.20 Å². The molecule has 0 fully saturated rings. The second-order valence-corrected chi connectivity index (χ2v) is 5.81. The summed E-state index contributed by atoms with van der Waals surface area (Å²) in [5, 5.41) is 9.00. The van der Waals surface area contributed by atoms with Crippen LogP contribution < -0.4 is 20.7 Å². The normalized spacial score (nSPS) is 19.5. The fourth-order valence-electron chi connectivity index (χ4n) is 2.04. The van der Waals surface area contributed by atoms with E-state index in [9.17, 15) is 18.0 Å². The molecule has 10 heteroatoms. The molecule has 1 atom stereocenters. The average molecular weight is 371 g/mol. The molecule has 0 radical (unpaired) electrons. The van der Waals surface area contributed by atoms with Gasteiger partial charge in [0.1, 0.15) is 11.5 Å². The van der Waals surface area contributed by atoms with E-state index in [0.717, 1.165) is 5.56 Å². The molecule has 0 bridgehead atoms. The van der Waals surface area contributed by atoms with E-state index in [2.05, 4.69) is 30.7 Å². The lowest BCUT2D eigenvalue weighted by molar-refractivity contribution is -0.154. The van der Waals surface area contributed by atoms with Crippen LogP contribution in [0.4, 0.5) is 13.2 Å². The third kappa shape index (κ3) is 6.36. The number of nitrogens with one attached hydrogen (secondary N) is 3. The number of carbonyl (C=O) groups excluding carboxylic acids is 1. The summed E-state index contributed by atoms with van der Waals surface area (Å²) in [4.78, 5) is 19.4. The third-order valence-corrected chi connectivity index (χ3v) is 3.37. The number of nitrogens with zero attached hydrogens (tertiary/aromatic N) is 2. The van der Waals surface area contributed by atoms with E-state index in [4.69, 9.17) is 0 Å². The highest BCUT2D eigenvalue weighted by Crippen LogP contribution is 2.17. The van der Waals surface area contributed by atoms with Gasteiger partial charge in [-0.2, -0.15) is 13.2 Å². The molecule has 0 saturated carbocycles. The maximum absolute atomic E-state index is 12.1. The summed E-state index contributed by atoms with van der Waals surface area (Å²) in [5.41, 5.74) is 0.0331. The maximum atomic E-state index is 12.1. The monoisotopic (exact) mass is 371 g/mol. The van der Waals surface area contributed by atoms with E-state index >= 15 is 0 Å². The Morgan fingerprint density at radius 2 is 2.15 bits per heavy atom. The fourth-order valence-corrected chi connectivity index (χ4v) is 2.04. The smallest absolute Gasteiger partial charge is 0.422 e. The molecule has 142 valence electrons. The molecule has 0 spiro atoms. The van der Waals surface area contributed by atoms with Gasteiger partial charge in [-0.05, 0) is 12.5 Å². The zero-order valence-electron chi connectivity index (χ0n) is 14.4. The van der Waals surface area contributed by atoms with Crippen molar-refractivity contribution >= 4 is 12.1 Å². The lowest BCUT2D eigenvalue weighted by Gasteiger charge is -2.32. The number of ether oxygens (including phenoxy) is 1. The summed E-state index contributed by atoms with van der Waals surface area (Å²) >= 11 is 0. The van der Waals surface area contributed by atoms with E-state index in [1.165, 1.54) is 18.5 Å². The first-order valence-electron chi connectivity index (χ1n) is 7.91. The number of aromatic nitrogens is 1. The minimum absolute atomic E-state index is 0.0952. The van der Waals surface area contributed by atoms with Crippen molar-refractivity contribution in [1.82, 2.24) is 20.9 Å². The van der Waals surface area contributed by atoms with Crippen molar-refractivity contribution in [1.29, 1.82) is 0 Å². The summed E-state index contributed by atoms with van der Waals surface area (Å²) < 4.78 is 40.9. The van der Waals surface area contributed by atoms with Crippen molar-refractivity contribution in [2.45, 2.75) is 38.7 Å². The highest BCUT2D eigenvalue weighted by Gasteiger charge is 2.28. The lowest BCUT2D eigenvalue weighted by Crippen LogP contribution is -2.58. The molecule has 1 amide bonds. The van der Waals surface area contributed by atoms with Gasteiger partial charge < -0.3 is 15.4 Å². The third-order valence-electron chi connectivity index (χ3n) is 3.37. The van der Waals surface area contributed by atoms with Crippen molar-refractivity contribution in [3.05, 3.63) is 35.9 Å². The first kappa shape index (κ1) is 19.7. The Kier molecular flexibility index (Phi) is 6.19. The van der Waals surface area contributed by atoms with Crippen LogP contribution in [0, 0.1) is 0 Å². The number of hydrogen-bond acceptors (Lipinski definition) is 6. The summed E-state index contributed by atoms with van der Waals surface area (Å²) in [6, 6.07) is 2.99. The first-order valence-corrected chi connectivity index (χ1v) is 7.91. The Morgan fingerprint density at radius 1 is 1.38 bits per heavy atom. The van der Waals surface area contributed by atoms with Crippen molar-refractivity contribution < 1.29 is 22.7 Å². The SMILES string of the molecule is CCC(=O)NC1=CN=CC(C)(NCc2ccc(OCC(F)(F)F)nc2)N1. The fraction of sp³-hybridized carbons (Fsp3) is 0.438. The van der Waals surface area contributed by atoms with E-state index in [1.54, 1.807) is 19.2 Å². The van der Waals surface area contributed by atoms with Gasteiger partial charge in [-0.25, -0.2) is 4.98 Å². The average Bonchev–Trinajstić information content (AvgIpc) is 2.58. The Morgan fingerprint density at radius 3 is 2.77 bits per heavy atom. The summed E-state index contributed by atoms with van der Waals surface area (Å²) in [7, 11) is 0. The van der Waals surface area contributed by atoms with Crippen molar-refractivity contribution in [2.75, 3.05) is 6.61 Å². The second-order valence-electron chi connectivity index (χ2n) is 5.81. The van der Waals surface area contributed by atoms with Crippen LogP contribution in [0.2, 0.25) is 0 Å². The molecule has 1 aliphatic heterocycles. The Hall–Kier alpha value is -2.62. The molecule has 1 aliphatic rings. The lowest BCUT2D eigenvalue weighted by atomic mass is 10.2. The van der Waals surface area contributed by atoms with Crippen molar-refractivity contribution in [3.63, 3.8) is 0 Å². The minimum atomic E-state index is -4.40. The molecule has 26 heavy (non-hydrogen) atoms. The molecule has 7 nitrogen and oxygen atoms in total. The molecular weight excluding hydrogens is 351 g/mol. The number of aliphatic imine (C=N–C) groups is 1. The van der Waals surface area contributed by atoms with Crippen LogP contribution in [0.5, 0.6) is 5.88 Å². The summed E-state index contributed by atoms with van der Waals surface area (Å²) in [6.07, 6.45) is 0.522. The van der Waals surface area contributed by atoms with Crippen LogP contribution in [-0.4, -0.2) is 35.6 Å².